The molecule has 0 fully saturated rings. The van der Waals surface area contributed by atoms with Gasteiger partial charge in [0.2, 0.25) is 0 Å². The predicted molar refractivity (Wildman–Crippen MR) is 61.4 cm³/mol. The SMILES string of the molecule is CN(C)C(=S)Cc1ccccc1Cl. The summed E-state index contributed by atoms with van der Waals surface area (Å²) in [5, 5.41) is 0.784. The van der Waals surface area contributed by atoms with Gasteiger partial charge in [-0.15, -0.1) is 0 Å². The molecule has 0 bridgehead atoms. The number of thiocarbonyl (C=S) groups is 1. The zero-order valence-corrected chi connectivity index (χ0v) is 9.32. The molecule has 1 aromatic carbocycles. The fraction of sp³-hybridized carbons (Fsp3) is 0.300. The minimum atomic E-state index is 0.738. The lowest BCUT2D eigenvalue weighted by Crippen LogP contribution is -2.21. The van der Waals surface area contributed by atoms with Crippen LogP contribution in [0, 0.1) is 0 Å². The Labute approximate surface area is 89.3 Å². The first-order valence-corrected chi connectivity index (χ1v) is 4.83. The van der Waals surface area contributed by atoms with Crippen molar-refractivity contribution < 1.29 is 0 Å². The lowest BCUT2D eigenvalue weighted by atomic mass is 10.1. The van der Waals surface area contributed by atoms with E-state index in [4.69, 9.17) is 23.8 Å². The topological polar surface area (TPSA) is 3.24 Å². The van der Waals surface area contributed by atoms with Gasteiger partial charge in [0.25, 0.3) is 0 Å². The maximum absolute atomic E-state index is 5.99. The van der Waals surface area contributed by atoms with Crippen LogP contribution < -0.4 is 0 Å². The third-order valence-electron chi connectivity index (χ3n) is 1.80. The van der Waals surface area contributed by atoms with E-state index in [9.17, 15) is 0 Å². The summed E-state index contributed by atoms with van der Waals surface area (Å²) >= 11 is 11.2. The maximum atomic E-state index is 5.99. The van der Waals surface area contributed by atoms with Gasteiger partial charge in [0.15, 0.2) is 0 Å². The lowest BCUT2D eigenvalue weighted by Gasteiger charge is -2.13. The van der Waals surface area contributed by atoms with Crippen molar-refractivity contribution in [2.75, 3.05) is 14.1 Å². The van der Waals surface area contributed by atoms with Gasteiger partial charge in [-0.1, -0.05) is 42.0 Å². The van der Waals surface area contributed by atoms with E-state index in [0.717, 1.165) is 22.0 Å². The van der Waals surface area contributed by atoms with Gasteiger partial charge in [-0.25, -0.2) is 0 Å². The van der Waals surface area contributed by atoms with Crippen LogP contribution in [-0.2, 0) is 6.42 Å². The summed E-state index contributed by atoms with van der Waals surface area (Å²) < 4.78 is 0. The number of rotatable bonds is 2. The molecule has 0 aliphatic carbocycles. The Morgan fingerprint density at radius 1 is 1.38 bits per heavy atom. The number of hydrogen-bond donors (Lipinski definition) is 0. The van der Waals surface area contributed by atoms with Crippen LogP contribution in [0.5, 0.6) is 0 Å². The van der Waals surface area contributed by atoms with Crippen molar-refractivity contribution in [2.45, 2.75) is 6.42 Å². The van der Waals surface area contributed by atoms with Crippen LogP contribution in [0.2, 0.25) is 5.02 Å². The van der Waals surface area contributed by atoms with Crippen LogP contribution in [0.4, 0.5) is 0 Å². The molecule has 1 rings (SSSR count). The summed E-state index contributed by atoms with van der Waals surface area (Å²) in [6, 6.07) is 7.78. The van der Waals surface area contributed by atoms with E-state index in [0.29, 0.717) is 0 Å². The van der Waals surface area contributed by atoms with Crippen LogP contribution >= 0.6 is 23.8 Å². The highest BCUT2D eigenvalue weighted by molar-refractivity contribution is 7.80. The summed E-state index contributed by atoms with van der Waals surface area (Å²) in [6.45, 7) is 0. The summed E-state index contributed by atoms with van der Waals surface area (Å²) in [5.74, 6) is 0. The van der Waals surface area contributed by atoms with Crippen molar-refractivity contribution in [3.05, 3.63) is 34.9 Å². The molecule has 0 atom stereocenters. The molecule has 0 amide bonds. The molecule has 0 saturated heterocycles. The number of hydrogen-bond acceptors (Lipinski definition) is 1. The third kappa shape index (κ3) is 2.98. The highest BCUT2D eigenvalue weighted by Gasteiger charge is 2.03. The van der Waals surface area contributed by atoms with E-state index >= 15 is 0 Å². The van der Waals surface area contributed by atoms with Gasteiger partial charge in [0, 0.05) is 25.5 Å². The lowest BCUT2D eigenvalue weighted by molar-refractivity contribution is 0.624. The van der Waals surface area contributed by atoms with Crippen LogP contribution in [0.1, 0.15) is 5.56 Å². The highest BCUT2D eigenvalue weighted by Crippen LogP contribution is 2.16. The first-order chi connectivity index (χ1) is 6.11. The molecule has 0 saturated carbocycles. The summed E-state index contributed by atoms with van der Waals surface area (Å²) in [7, 11) is 3.89. The van der Waals surface area contributed by atoms with Gasteiger partial charge in [-0.3, -0.25) is 0 Å². The molecule has 1 aromatic rings. The first-order valence-electron chi connectivity index (χ1n) is 4.05. The minimum Gasteiger partial charge on any atom is -0.372 e. The summed E-state index contributed by atoms with van der Waals surface area (Å²) in [4.78, 5) is 2.83. The van der Waals surface area contributed by atoms with Crippen molar-refractivity contribution in [1.82, 2.24) is 4.90 Å². The molecule has 0 radical (unpaired) electrons. The third-order valence-corrected chi connectivity index (χ3v) is 2.68. The number of nitrogens with zero attached hydrogens (tertiary/aromatic N) is 1. The fourth-order valence-electron chi connectivity index (χ4n) is 0.963. The average Bonchev–Trinajstić information content (AvgIpc) is 2.08. The first kappa shape index (κ1) is 10.5. The maximum Gasteiger partial charge on any atom is 0.0819 e. The summed E-state index contributed by atoms with van der Waals surface area (Å²) in [6.07, 6.45) is 0.738. The molecule has 0 aromatic heterocycles. The molecule has 0 aliphatic rings. The molecule has 0 aliphatic heterocycles. The van der Waals surface area contributed by atoms with E-state index in [1.54, 1.807) is 0 Å². The molecular weight excluding hydrogens is 202 g/mol. The second-order valence-corrected chi connectivity index (χ2v) is 3.93. The van der Waals surface area contributed by atoms with Crippen molar-refractivity contribution in [2.24, 2.45) is 0 Å². The quantitative estimate of drug-likeness (QED) is 0.696. The molecule has 1 nitrogen and oxygen atoms in total. The van der Waals surface area contributed by atoms with Crippen molar-refractivity contribution in [3.63, 3.8) is 0 Å². The van der Waals surface area contributed by atoms with Crippen LogP contribution in [0.3, 0.4) is 0 Å². The standard InChI is InChI=1S/C10H12ClNS/c1-12(2)10(13)7-8-5-3-4-6-9(8)11/h3-6H,7H2,1-2H3. The van der Waals surface area contributed by atoms with E-state index in [-0.39, 0.29) is 0 Å². The van der Waals surface area contributed by atoms with Gasteiger partial charge < -0.3 is 4.90 Å². The molecule has 0 heterocycles. The normalized spacial score (nSPS) is 9.77. The smallest absolute Gasteiger partial charge is 0.0819 e. The van der Waals surface area contributed by atoms with Gasteiger partial charge >= 0.3 is 0 Å². The second-order valence-electron chi connectivity index (χ2n) is 3.06. The Hall–Kier alpha value is -0.600. The van der Waals surface area contributed by atoms with E-state index in [1.807, 2.05) is 43.3 Å². The average molecular weight is 214 g/mol. The van der Waals surface area contributed by atoms with Gasteiger partial charge in [0.05, 0.1) is 4.99 Å². The molecule has 70 valence electrons. The van der Waals surface area contributed by atoms with Crippen LogP contribution in [0.25, 0.3) is 0 Å². The Bertz CT molecular complexity index is 310. The zero-order valence-electron chi connectivity index (χ0n) is 7.75. The monoisotopic (exact) mass is 213 g/mol. The van der Waals surface area contributed by atoms with Crippen molar-refractivity contribution in [1.29, 1.82) is 0 Å². The van der Waals surface area contributed by atoms with Gasteiger partial charge in [0.1, 0.15) is 0 Å². The van der Waals surface area contributed by atoms with Crippen molar-refractivity contribution in [3.8, 4) is 0 Å². The van der Waals surface area contributed by atoms with E-state index in [1.165, 1.54) is 0 Å². The zero-order chi connectivity index (χ0) is 9.84. The largest absolute Gasteiger partial charge is 0.372 e. The number of halogens is 1. The van der Waals surface area contributed by atoms with Crippen molar-refractivity contribution >= 4 is 28.8 Å². The van der Waals surface area contributed by atoms with Crippen LogP contribution in [-0.4, -0.2) is 24.0 Å². The Balaban J connectivity index is 2.75. The molecular formula is C10H12ClNS. The molecule has 0 N–H and O–H groups in total. The highest BCUT2D eigenvalue weighted by atomic mass is 35.5. The summed E-state index contributed by atoms with van der Waals surface area (Å²) in [5.41, 5.74) is 1.09. The number of benzene rings is 1. The molecule has 0 spiro atoms. The minimum absolute atomic E-state index is 0.738. The molecule has 13 heavy (non-hydrogen) atoms. The van der Waals surface area contributed by atoms with Gasteiger partial charge in [-0.2, -0.15) is 0 Å². The predicted octanol–water partition coefficient (Wildman–Crippen LogP) is 2.77. The van der Waals surface area contributed by atoms with E-state index in [2.05, 4.69) is 0 Å². The Morgan fingerprint density at radius 3 is 2.54 bits per heavy atom. The molecule has 0 unspecified atom stereocenters. The number of likely N-dealkylation sites (N-methyl/N-ethyl adjacent to an activating group) is 1. The Morgan fingerprint density at radius 2 is 2.00 bits per heavy atom. The van der Waals surface area contributed by atoms with Crippen LogP contribution in [0.15, 0.2) is 24.3 Å². The Kier molecular flexibility index (Phi) is 3.70. The fourth-order valence-corrected chi connectivity index (χ4v) is 1.32. The van der Waals surface area contributed by atoms with Gasteiger partial charge in [-0.05, 0) is 11.6 Å². The van der Waals surface area contributed by atoms with E-state index < -0.39 is 0 Å². The molecule has 3 heteroatoms. The second kappa shape index (κ2) is 4.58.